The number of amides is 1. The maximum atomic E-state index is 12.7. The molecule has 0 aliphatic heterocycles. The van der Waals surface area contributed by atoms with Crippen molar-refractivity contribution < 1.29 is 22.8 Å². The predicted octanol–water partition coefficient (Wildman–Crippen LogP) is 5.27. The third kappa shape index (κ3) is 5.32. The van der Waals surface area contributed by atoms with Crippen molar-refractivity contribution in [3.63, 3.8) is 0 Å². The first kappa shape index (κ1) is 19.0. The Morgan fingerprint density at radius 3 is 2.28 bits per heavy atom. The van der Waals surface area contributed by atoms with E-state index >= 15 is 0 Å². The first-order chi connectivity index (χ1) is 11.7. The first-order valence-corrected chi connectivity index (χ1v) is 7.81. The molecule has 0 spiro atoms. The average Bonchev–Trinajstić information content (AvgIpc) is 2.54. The zero-order chi connectivity index (χ0) is 18.6. The van der Waals surface area contributed by atoms with Gasteiger partial charge in [-0.05, 0) is 25.1 Å². The summed E-state index contributed by atoms with van der Waals surface area (Å²) >= 11 is 5.81. The largest absolute Gasteiger partial charge is 0.416 e. The number of hydrogen-bond donors (Lipinski definition) is 1. The Hall–Kier alpha value is -2.34. The van der Waals surface area contributed by atoms with Crippen LogP contribution < -0.4 is 5.32 Å². The molecule has 0 fully saturated rings. The summed E-state index contributed by atoms with van der Waals surface area (Å²) in [5.74, 6) is -0.799. The highest BCUT2D eigenvalue weighted by Crippen LogP contribution is 2.33. The topological polar surface area (TPSA) is 46.2 Å². The van der Waals surface area contributed by atoms with E-state index < -0.39 is 17.6 Å². The van der Waals surface area contributed by atoms with E-state index in [0.717, 1.165) is 23.8 Å². The van der Waals surface area contributed by atoms with Gasteiger partial charge in [-0.3, -0.25) is 9.59 Å². The molecule has 2 rings (SSSR count). The van der Waals surface area contributed by atoms with Gasteiger partial charge >= 0.3 is 6.18 Å². The van der Waals surface area contributed by atoms with E-state index in [4.69, 9.17) is 11.6 Å². The van der Waals surface area contributed by atoms with Gasteiger partial charge in [-0.15, -0.1) is 0 Å². The van der Waals surface area contributed by atoms with E-state index in [0.29, 0.717) is 5.56 Å². The van der Waals surface area contributed by atoms with Crippen LogP contribution in [0.4, 0.5) is 18.9 Å². The Morgan fingerprint density at radius 2 is 1.68 bits per heavy atom. The van der Waals surface area contributed by atoms with Crippen LogP contribution >= 0.6 is 11.6 Å². The summed E-state index contributed by atoms with van der Waals surface area (Å²) in [6.07, 6.45) is -4.74. The normalized spacial score (nSPS) is 11.2. The van der Waals surface area contributed by atoms with Crippen LogP contribution in [-0.4, -0.2) is 11.7 Å². The minimum atomic E-state index is -4.54. The zero-order valence-corrected chi connectivity index (χ0v) is 14.0. The highest BCUT2D eigenvalue weighted by molar-refractivity contribution is 6.33. The standard InChI is InChI=1S/C18H15ClF3NO2/c1-11-2-4-12(5-3-11)16(24)8-9-17(25)23-15-10-13(18(20,21)22)6-7-14(15)19/h2-7,10H,8-9H2,1H3,(H,23,25). The molecule has 0 radical (unpaired) electrons. The lowest BCUT2D eigenvalue weighted by atomic mass is 10.0. The summed E-state index contributed by atoms with van der Waals surface area (Å²) in [5, 5.41) is 2.31. The molecule has 0 bridgehead atoms. The highest BCUT2D eigenvalue weighted by atomic mass is 35.5. The van der Waals surface area contributed by atoms with Gasteiger partial charge in [-0.25, -0.2) is 0 Å². The number of anilines is 1. The Balaban J connectivity index is 1.98. The maximum absolute atomic E-state index is 12.7. The fraction of sp³-hybridized carbons (Fsp3) is 0.222. The Labute approximate surface area is 147 Å². The minimum Gasteiger partial charge on any atom is -0.325 e. The molecule has 0 aliphatic carbocycles. The second-order valence-corrected chi connectivity index (χ2v) is 5.94. The van der Waals surface area contributed by atoms with Crippen molar-refractivity contribution in [3.05, 3.63) is 64.2 Å². The number of carbonyl (C=O) groups is 2. The smallest absolute Gasteiger partial charge is 0.325 e. The summed E-state index contributed by atoms with van der Waals surface area (Å²) in [6.45, 7) is 1.89. The van der Waals surface area contributed by atoms with Crippen LogP contribution in [0.3, 0.4) is 0 Å². The molecular formula is C18H15ClF3NO2. The van der Waals surface area contributed by atoms with E-state index in [1.807, 2.05) is 6.92 Å². The van der Waals surface area contributed by atoms with Gasteiger partial charge in [-0.1, -0.05) is 41.4 Å². The Morgan fingerprint density at radius 1 is 1.04 bits per heavy atom. The molecule has 0 aromatic heterocycles. The number of hydrogen-bond acceptors (Lipinski definition) is 2. The van der Waals surface area contributed by atoms with Gasteiger partial charge in [0.25, 0.3) is 0 Å². The van der Waals surface area contributed by atoms with Gasteiger partial charge in [0.15, 0.2) is 5.78 Å². The molecule has 25 heavy (non-hydrogen) atoms. The third-order valence-electron chi connectivity index (χ3n) is 3.52. The van der Waals surface area contributed by atoms with E-state index in [1.165, 1.54) is 0 Å². The van der Waals surface area contributed by atoms with Crippen LogP contribution in [-0.2, 0) is 11.0 Å². The lowest BCUT2D eigenvalue weighted by Crippen LogP contribution is -2.15. The van der Waals surface area contributed by atoms with Crippen molar-refractivity contribution >= 4 is 29.0 Å². The molecule has 2 aromatic rings. The molecule has 0 heterocycles. The van der Waals surface area contributed by atoms with Crippen LogP contribution in [0.2, 0.25) is 5.02 Å². The molecule has 0 saturated heterocycles. The first-order valence-electron chi connectivity index (χ1n) is 7.43. The fourth-order valence-electron chi connectivity index (χ4n) is 2.12. The molecule has 0 saturated carbocycles. The fourth-order valence-corrected chi connectivity index (χ4v) is 2.29. The number of alkyl halides is 3. The molecule has 0 unspecified atom stereocenters. The van der Waals surface area contributed by atoms with Crippen molar-refractivity contribution in [2.75, 3.05) is 5.32 Å². The Kier molecular flexibility index (Phi) is 5.85. The predicted molar refractivity (Wildman–Crippen MR) is 89.8 cm³/mol. The molecule has 0 aliphatic rings. The second-order valence-electron chi connectivity index (χ2n) is 5.53. The summed E-state index contributed by atoms with van der Waals surface area (Å²) in [4.78, 5) is 23.9. The van der Waals surface area contributed by atoms with Crippen molar-refractivity contribution in [1.82, 2.24) is 0 Å². The van der Waals surface area contributed by atoms with Gasteiger partial charge in [0, 0.05) is 18.4 Å². The number of aryl methyl sites for hydroxylation is 1. The van der Waals surface area contributed by atoms with Crippen molar-refractivity contribution in [2.45, 2.75) is 25.9 Å². The number of halogens is 4. The summed E-state index contributed by atoms with van der Waals surface area (Å²) in [6, 6.07) is 9.57. The lowest BCUT2D eigenvalue weighted by molar-refractivity contribution is -0.137. The van der Waals surface area contributed by atoms with E-state index in [1.54, 1.807) is 24.3 Å². The van der Waals surface area contributed by atoms with Crippen LogP contribution in [0.1, 0.15) is 34.3 Å². The molecule has 1 N–H and O–H groups in total. The number of ketones is 1. The molecule has 132 valence electrons. The maximum Gasteiger partial charge on any atom is 0.416 e. The minimum absolute atomic E-state index is 0.00814. The molecular weight excluding hydrogens is 355 g/mol. The van der Waals surface area contributed by atoms with Crippen LogP contribution in [0.15, 0.2) is 42.5 Å². The second kappa shape index (κ2) is 7.70. The highest BCUT2D eigenvalue weighted by Gasteiger charge is 2.31. The summed E-state index contributed by atoms with van der Waals surface area (Å²) in [5.41, 5.74) is 0.441. The molecule has 0 atom stereocenters. The van der Waals surface area contributed by atoms with E-state index in [9.17, 15) is 22.8 Å². The number of benzene rings is 2. The molecule has 3 nitrogen and oxygen atoms in total. The van der Waals surface area contributed by atoms with Crippen molar-refractivity contribution in [1.29, 1.82) is 0 Å². The summed E-state index contributed by atoms with van der Waals surface area (Å²) < 4.78 is 38.1. The molecule has 7 heteroatoms. The Bertz CT molecular complexity index is 786. The molecule has 2 aromatic carbocycles. The van der Waals surface area contributed by atoms with Crippen LogP contribution in [0, 0.1) is 6.92 Å². The monoisotopic (exact) mass is 369 g/mol. The average molecular weight is 370 g/mol. The van der Waals surface area contributed by atoms with Gasteiger partial charge in [0.2, 0.25) is 5.91 Å². The van der Waals surface area contributed by atoms with Crippen LogP contribution in [0.5, 0.6) is 0 Å². The number of carbonyl (C=O) groups excluding carboxylic acids is 2. The molecule has 1 amide bonds. The summed E-state index contributed by atoms with van der Waals surface area (Å²) in [7, 11) is 0. The van der Waals surface area contributed by atoms with E-state index in [-0.39, 0.29) is 29.3 Å². The lowest BCUT2D eigenvalue weighted by Gasteiger charge is -2.11. The van der Waals surface area contributed by atoms with Gasteiger partial charge in [0.1, 0.15) is 0 Å². The van der Waals surface area contributed by atoms with Crippen molar-refractivity contribution in [3.8, 4) is 0 Å². The van der Waals surface area contributed by atoms with Gasteiger partial charge < -0.3 is 5.32 Å². The van der Waals surface area contributed by atoms with Crippen molar-refractivity contribution in [2.24, 2.45) is 0 Å². The van der Waals surface area contributed by atoms with E-state index in [2.05, 4.69) is 5.32 Å². The number of Topliss-reactive ketones (excluding diaryl/α,β-unsaturated/α-hetero) is 1. The zero-order valence-electron chi connectivity index (χ0n) is 13.3. The van der Waals surface area contributed by atoms with Crippen LogP contribution in [0.25, 0.3) is 0 Å². The quantitative estimate of drug-likeness (QED) is 0.730. The van der Waals surface area contributed by atoms with Gasteiger partial charge in [-0.2, -0.15) is 13.2 Å². The SMILES string of the molecule is Cc1ccc(C(=O)CCC(=O)Nc2cc(C(F)(F)F)ccc2Cl)cc1. The van der Waals surface area contributed by atoms with Gasteiger partial charge in [0.05, 0.1) is 16.3 Å². The third-order valence-corrected chi connectivity index (χ3v) is 3.85. The number of nitrogens with one attached hydrogen (secondary N) is 1. The number of rotatable bonds is 5.